The number of nitrogens with one attached hydrogen (secondary N) is 2. The Morgan fingerprint density at radius 3 is 2.65 bits per heavy atom. The highest BCUT2D eigenvalue weighted by molar-refractivity contribution is 5.77. The van der Waals surface area contributed by atoms with E-state index in [1.54, 1.807) is 14.2 Å². The zero-order valence-electron chi connectivity index (χ0n) is 18.5. The molecule has 2 aromatic carbocycles. The summed E-state index contributed by atoms with van der Waals surface area (Å²) in [5.41, 5.74) is 2.93. The zero-order chi connectivity index (χ0) is 22.0. The maximum Gasteiger partial charge on any atom is 0.318 e. The number of urea groups is 1. The van der Waals surface area contributed by atoms with Crippen LogP contribution in [-0.2, 0) is 0 Å². The molecule has 1 fully saturated rings. The molecule has 2 heterocycles. The molecule has 2 N–H and O–H groups in total. The average Bonchev–Trinajstić information content (AvgIpc) is 3.43. The van der Waals surface area contributed by atoms with Crippen molar-refractivity contribution < 1.29 is 14.3 Å². The molecule has 2 atom stereocenters. The van der Waals surface area contributed by atoms with Gasteiger partial charge in [0.2, 0.25) is 0 Å². The van der Waals surface area contributed by atoms with Crippen LogP contribution in [0.4, 0.5) is 4.79 Å². The van der Waals surface area contributed by atoms with Crippen LogP contribution in [-0.4, -0.2) is 41.7 Å². The van der Waals surface area contributed by atoms with Gasteiger partial charge in [-0.15, -0.1) is 0 Å². The number of imidazole rings is 1. The number of aromatic nitrogens is 2. The summed E-state index contributed by atoms with van der Waals surface area (Å²) in [6, 6.07) is 13.5. The van der Waals surface area contributed by atoms with Crippen LogP contribution in [0.25, 0.3) is 11.0 Å². The Morgan fingerprint density at radius 1 is 1.16 bits per heavy atom. The van der Waals surface area contributed by atoms with Gasteiger partial charge in [0.1, 0.15) is 5.82 Å². The van der Waals surface area contributed by atoms with E-state index in [-0.39, 0.29) is 24.0 Å². The molecular formula is C24H30N4O3. The third-order valence-corrected chi connectivity index (χ3v) is 5.95. The predicted molar refractivity (Wildman–Crippen MR) is 120 cm³/mol. The fourth-order valence-electron chi connectivity index (χ4n) is 4.30. The van der Waals surface area contributed by atoms with E-state index in [0.717, 1.165) is 41.8 Å². The molecule has 4 rings (SSSR count). The molecule has 31 heavy (non-hydrogen) atoms. The van der Waals surface area contributed by atoms with Gasteiger partial charge in [0, 0.05) is 6.54 Å². The molecule has 3 aromatic rings. The number of rotatable bonds is 6. The van der Waals surface area contributed by atoms with E-state index in [2.05, 4.69) is 24.1 Å². The first kappa shape index (κ1) is 21.0. The Morgan fingerprint density at radius 2 is 1.94 bits per heavy atom. The standard InChI is InChI=1S/C24H30N4O3/c1-15(2)22(23-25-17-8-5-6-9-18(17)26-23)27-24(29)28-13-7-10-19(28)16-11-12-20(30-3)21(14-16)31-4/h5-6,8-9,11-12,14-15,19,22H,7,10,13H2,1-4H3,(H,25,26)(H,27,29). The van der Waals surface area contributed by atoms with Gasteiger partial charge in [0.05, 0.1) is 37.3 Å². The topological polar surface area (TPSA) is 79.5 Å². The van der Waals surface area contributed by atoms with E-state index >= 15 is 0 Å². The number of H-pyrrole nitrogens is 1. The molecule has 0 aliphatic carbocycles. The van der Waals surface area contributed by atoms with E-state index < -0.39 is 0 Å². The minimum Gasteiger partial charge on any atom is -0.493 e. The van der Waals surface area contributed by atoms with Crippen molar-refractivity contribution in [1.82, 2.24) is 20.2 Å². The smallest absolute Gasteiger partial charge is 0.318 e. The minimum atomic E-state index is -0.202. The summed E-state index contributed by atoms with van der Waals surface area (Å²) in [6.07, 6.45) is 1.88. The number of carbonyl (C=O) groups is 1. The van der Waals surface area contributed by atoms with Gasteiger partial charge in [-0.05, 0) is 48.6 Å². The summed E-state index contributed by atoms with van der Waals surface area (Å²) in [6.45, 7) is 4.90. The second kappa shape index (κ2) is 8.88. The van der Waals surface area contributed by atoms with Gasteiger partial charge in [-0.1, -0.05) is 32.0 Å². The molecule has 0 bridgehead atoms. The SMILES string of the molecule is COc1ccc(C2CCCN2C(=O)NC(c2nc3ccccc3[nH]2)C(C)C)cc1OC. The molecule has 0 spiro atoms. The van der Waals surface area contributed by atoms with Crippen LogP contribution in [0.2, 0.25) is 0 Å². The van der Waals surface area contributed by atoms with Crippen LogP contribution < -0.4 is 14.8 Å². The number of hydrogen-bond donors (Lipinski definition) is 2. The monoisotopic (exact) mass is 422 g/mol. The molecule has 7 heteroatoms. The molecular weight excluding hydrogens is 392 g/mol. The van der Waals surface area contributed by atoms with Gasteiger partial charge in [0.25, 0.3) is 0 Å². The second-order valence-electron chi connectivity index (χ2n) is 8.28. The third kappa shape index (κ3) is 4.17. The summed E-state index contributed by atoms with van der Waals surface area (Å²) >= 11 is 0. The van der Waals surface area contributed by atoms with Gasteiger partial charge in [0.15, 0.2) is 11.5 Å². The number of hydrogen-bond acceptors (Lipinski definition) is 4. The van der Waals surface area contributed by atoms with E-state index in [4.69, 9.17) is 14.5 Å². The molecule has 1 saturated heterocycles. The molecule has 1 aliphatic rings. The van der Waals surface area contributed by atoms with Crippen molar-refractivity contribution in [3.05, 3.63) is 53.9 Å². The Hall–Kier alpha value is -3.22. The van der Waals surface area contributed by atoms with Crippen molar-refractivity contribution in [1.29, 1.82) is 0 Å². The molecule has 1 aliphatic heterocycles. The van der Waals surface area contributed by atoms with Crippen molar-refractivity contribution in [3.63, 3.8) is 0 Å². The number of amides is 2. The van der Waals surface area contributed by atoms with Crippen LogP contribution >= 0.6 is 0 Å². The Bertz CT molecular complexity index is 1030. The number of para-hydroxylation sites is 2. The van der Waals surface area contributed by atoms with Crippen molar-refractivity contribution in [2.24, 2.45) is 5.92 Å². The largest absolute Gasteiger partial charge is 0.493 e. The van der Waals surface area contributed by atoms with Crippen LogP contribution in [0.3, 0.4) is 0 Å². The van der Waals surface area contributed by atoms with E-state index in [1.807, 2.05) is 47.4 Å². The average molecular weight is 423 g/mol. The maximum absolute atomic E-state index is 13.3. The fourth-order valence-corrected chi connectivity index (χ4v) is 4.30. The number of carbonyl (C=O) groups excluding carboxylic acids is 1. The molecule has 2 amide bonds. The third-order valence-electron chi connectivity index (χ3n) is 5.95. The lowest BCUT2D eigenvalue weighted by Crippen LogP contribution is -2.42. The fraction of sp³-hybridized carbons (Fsp3) is 0.417. The van der Waals surface area contributed by atoms with Crippen LogP contribution in [0, 0.1) is 5.92 Å². The summed E-state index contributed by atoms with van der Waals surface area (Å²) in [4.78, 5) is 23.3. The van der Waals surface area contributed by atoms with E-state index in [0.29, 0.717) is 11.5 Å². The minimum absolute atomic E-state index is 0.00305. The first-order chi connectivity index (χ1) is 15.0. The number of benzene rings is 2. The molecule has 1 aromatic heterocycles. The van der Waals surface area contributed by atoms with Crippen LogP contribution in [0.5, 0.6) is 11.5 Å². The lowest BCUT2D eigenvalue weighted by molar-refractivity contribution is 0.184. The van der Waals surface area contributed by atoms with E-state index in [9.17, 15) is 4.79 Å². The zero-order valence-corrected chi connectivity index (χ0v) is 18.5. The number of nitrogens with zero attached hydrogens (tertiary/aromatic N) is 2. The molecule has 0 radical (unpaired) electrons. The molecule has 2 unspecified atom stereocenters. The van der Waals surface area contributed by atoms with Crippen molar-refractivity contribution in [2.45, 2.75) is 38.8 Å². The molecule has 0 saturated carbocycles. The summed E-state index contributed by atoms with van der Waals surface area (Å²) in [5.74, 6) is 2.33. The maximum atomic E-state index is 13.3. The first-order valence-electron chi connectivity index (χ1n) is 10.8. The number of fused-ring (bicyclic) bond motifs is 1. The molecule has 7 nitrogen and oxygen atoms in total. The van der Waals surface area contributed by atoms with Crippen molar-refractivity contribution >= 4 is 17.1 Å². The van der Waals surface area contributed by atoms with Gasteiger partial charge < -0.3 is 24.7 Å². The lowest BCUT2D eigenvalue weighted by atomic mass is 10.0. The Labute approximate surface area is 182 Å². The summed E-state index contributed by atoms with van der Waals surface area (Å²) in [5, 5.41) is 3.22. The summed E-state index contributed by atoms with van der Waals surface area (Å²) < 4.78 is 10.8. The number of aromatic amines is 1. The lowest BCUT2D eigenvalue weighted by Gasteiger charge is -2.29. The van der Waals surface area contributed by atoms with Gasteiger partial charge >= 0.3 is 6.03 Å². The Balaban J connectivity index is 1.55. The number of methoxy groups -OCH3 is 2. The van der Waals surface area contributed by atoms with Crippen molar-refractivity contribution in [2.75, 3.05) is 20.8 Å². The van der Waals surface area contributed by atoms with Crippen LogP contribution in [0.1, 0.15) is 50.2 Å². The first-order valence-corrected chi connectivity index (χ1v) is 10.8. The molecule has 164 valence electrons. The highest BCUT2D eigenvalue weighted by atomic mass is 16.5. The second-order valence-corrected chi connectivity index (χ2v) is 8.28. The highest BCUT2D eigenvalue weighted by Gasteiger charge is 2.33. The number of ether oxygens (including phenoxy) is 2. The van der Waals surface area contributed by atoms with Crippen LogP contribution in [0.15, 0.2) is 42.5 Å². The quantitative estimate of drug-likeness (QED) is 0.597. The van der Waals surface area contributed by atoms with Crippen molar-refractivity contribution in [3.8, 4) is 11.5 Å². The van der Waals surface area contributed by atoms with Gasteiger partial charge in [-0.2, -0.15) is 0 Å². The Kier molecular flexibility index (Phi) is 6.02. The highest BCUT2D eigenvalue weighted by Crippen LogP contribution is 2.37. The van der Waals surface area contributed by atoms with Gasteiger partial charge in [-0.3, -0.25) is 0 Å². The normalized spacial score (nSPS) is 17.2. The predicted octanol–water partition coefficient (Wildman–Crippen LogP) is 4.82. The number of likely N-dealkylation sites (tertiary alicyclic amines) is 1. The van der Waals surface area contributed by atoms with E-state index in [1.165, 1.54) is 0 Å². The summed E-state index contributed by atoms with van der Waals surface area (Å²) in [7, 11) is 3.25. The van der Waals surface area contributed by atoms with Gasteiger partial charge in [-0.25, -0.2) is 9.78 Å².